The van der Waals surface area contributed by atoms with Gasteiger partial charge < -0.3 is 10.1 Å². The van der Waals surface area contributed by atoms with Gasteiger partial charge in [-0.2, -0.15) is 4.31 Å². The number of sulfonamides is 1. The van der Waals surface area contributed by atoms with E-state index in [1.165, 1.54) is 22.0 Å². The summed E-state index contributed by atoms with van der Waals surface area (Å²) < 4.78 is 46.2. The number of benzene rings is 3. The van der Waals surface area contributed by atoms with Crippen LogP contribution in [0.4, 0.5) is 4.39 Å². The van der Waals surface area contributed by atoms with Crippen LogP contribution in [0.25, 0.3) is 0 Å². The maximum Gasteiger partial charge on any atom is 0.243 e. The normalized spacial score (nSPS) is 16.3. The summed E-state index contributed by atoms with van der Waals surface area (Å²) in [4.78, 5) is 12.8. The molecule has 178 valence electrons. The van der Waals surface area contributed by atoms with E-state index in [1.807, 2.05) is 42.5 Å². The quantitative estimate of drug-likeness (QED) is 0.502. The number of hydrogen-bond acceptors (Lipinski definition) is 4. The Kier molecular flexibility index (Phi) is 7.59. The Morgan fingerprint density at radius 3 is 2.50 bits per heavy atom. The zero-order chi connectivity index (χ0) is 24.0. The van der Waals surface area contributed by atoms with Gasteiger partial charge in [0.1, 0.15) is 17.6 Å². The predicted molar refractivity (Wildman–Crippen MR) is 127 cm³/mol. The van der Waals surface area contributed by atoms with Crippen LogP contribution in [-0.2, 0) is 27.8 Å². The third-order valence-corrected chi connectivity index (χ3v) is 7.72. The lowest BCUT2D eigenvalue weighted by molar-refractivity contribution is -0.124. The largest absolute Gasteiger partial charge is 0.493 e. The van der Waals surface area contributed by atoms with Crippen molar-refractivity contribution in [1.29, 1.82) is 0 Å². The molecule has 0 bridgehead atoms. The highest BCUT2D eigenvalue weighted by molar-refractivity contribution is 7.89. The number of hydrogen-bond donors (Lipinski definition) is 1. The van der Waals surface area contributed by atoms with Crippen LogP contribution in [0.15, 0.2) is 83.8 Å². The minimum atomic E-state index is -3.89. The van der Waals surface area contributed by atoms with Gasteiger partial charge in [-0.05, 0) is 60.4 Å². The fourth-order valence-corrected chi connectivity index (χ4v) is 5.67. The number of carbonyl (C=O) groups excluding carboxylic acids is 1. The Balaban J connectivity index is 1.34. The van der Waals surface area contributed by atoms with E-state index in [-0.39, 0.29) is 23.9 Å². The minimum Gasteiger partial charge on any atom is -0.493 e. The average Bonchev–Trinajstić information content (AvgIpc) is 3.35. The molecule has 0 aromatic heterocycles. The number of carbonyl (C=O) groups is 1. The molecular formula is C26H27FN2O4S. The van der Waals surface area contributed by atoms with Gasteiger partial charge in [0.05, 0.1) is 11.5 Å². The number of nitrogens with zero attached hydrogens (tertiary/aromatic N) is 1. The van der Waals surface area contributed by atoms with Crippen molar-refractivity contribution in [2.45, 2.75) is 36.7 Å². The zero-order valence-corrected chi connectivity index (χ0v) is 19.5. The first-order chi connectivity index (χ1) is 16.4. The Labute approximate surface area is 199 Å². The number of halogens is 1. The van der Waals surface area contributed by atoms with Gasteiger partial charge in [0.25, 0.3) is 0 Å². The predicted octanol–water partition coefficient (Wildman–Crippen LogP) is 3.92. The Bertz CT molecular complexity index is 1220. The van der Waals surface area contributed by atoms with Crippen LogP contribution >= 0.6 is 0 Å². The third-order valence-electron chi connectivity index (χ3n) is 5.79. The summed E-state index contributed by atoms with van der Waals surface area (Å²) in [5.74, 6) is -0.149. The fraction of sp³-hybridized carbons (Fsp3) is 0.269. The Morgan fingerprint density at radius 2 is 1.74 bits per heavy atom. The lowest BCUT2D eigenvalue weighted by Gasteiger charge is -2.23. The Hall–Kier alpha value is -3.23. The second-order valence-corrected chi connectivity index (χ2v) is 10.1. The maximum atomic E-state index is 13.2. The van der Waals surface area contributed by atoms with Gasteiger partial charge in [0.15, 0.2) is 0 Å². The number of rotatable bonds is 9. The van der Waals surface area contributed by atoms with Crippen molar-refractivity contribution in [3.8, 4) is 5.75 Å². The van der Waals surface area contributed by atoms with E-state index in [0.29, 0.717) is 25.2 Å². The van der Waals surface area contributed by atoms with Crippen LogP contribution in [0.1, 0.15) is 24.0 Å². The standard InChI is InChI=1S/C26H27FN2O4S/c27-22-11-13-24(14-12-22)34(31,32)29-16-5-10-25(29)26(30)28-19-21-8-4-9-23(18-21)33-17-15-20-6-2-1-3-7-20/h1-4,6-9,11-14,18,25H,5,10,15-17,19H2,(H,28,30)/t25-/m0/s1. The van der Waals surface area contributed by atoms with Crippen LogP contribution in [0.5, 0.6) is 5.75 Å². The van der Waals surface area contributed by atoms with E-state index in [1.54, 1.807) is 0 Å². The summed E-state index contributed by atoms with van der Waals surface area (Å²) in [5.41, 5.74) is 2.05. The van der Waals surface area contributed by atoms with Crippen LogP contribution in [-0.4, -0.2) is 37.8 Å². The van der Waals surface area contributed by atoms with E-state index < -0.39 is 21.9 Å². The summed E-state index contributed by atoms with van der Waals surface area (Å²) in [6, 6.07) is 21.4. The van der Waals surface area contributed by atoms with Gasteiger partial charge in [0, 0.05) is 19.5 Å². The van der Waals surface area contributed by atoms with E-state index in [0.717, 1.165) is 24.1 Å². The second-order valence-electron chi connectivity index (χ2n) is 8.18. The monoisotopic (exact) mass is 482 g/mol. The topological polar surface area (TPSA) is 75.7 Å². The minimum absolute atomic E-state index is 0.0195. The Morgan fingerprint density at radius 1 is 1.00 bits per heavy atom. The second kappa shape index (κ2) is 10.8. The first-order valence-electron chi connectivity index (χ1n) is 11.2. The molecule has 1 aliphatic rings. The molecule has 0 radical (unpaired) electrons. The average molecular weight is 483 g/mol. The van der Waals surface area contributed by atoms with Crippen LogP contribution in [0, 0.1) is 5.82 Å². The van der Waals surface area contributed by atoms with E-state index >= 15 is 0 Å². The van der Waals surface area contributed by atoms with Crippen molar-refractivity contribution in [2.75, 3.05) is 13.2 Å². The molecule has 0 spiro atoms. The van der Waals surface area contributed by atoms with E-state index in [2.05, 4.69) is 17.4 Å². The third kappa shape index (κ3) is 5.81. The number of nitrogens with one attached hydrogen (secondary N) is 1. The molecule has 34 heavy (non-hydrogen) atoms. The number of ether oxygens (including phenoxy) is 1. The smallest absolute Gasteiger partial charge is 0.243 e. The van der Waals surface area contributed by atoms with Gasteiger partial charge in [-0.1, -0.05) is 42.5 Å². The molecule has 1 saturated heterocycles. The molecule has 1 atom stereocenters. The molecule has 1 N–H and O–H groups in total. The molecule has 1 amide bonds. The van der Waals surface area contributed by atoms with Crippen molar-refractivity contribution in [3.63, 3.8) is 0 Å². The summed E-state index contributed by atoms with van der Waals surface area (Å²) in [6.45, 7) is 1.05. The van der Waals surface area contributed by atoms with Crippen molar-refractivity contribution in [1.82, 2.24) is 9.62 Å². The molecule has 8 heteroatoms. The van der Waals surface area contributed by atoms with E-state index in [9.17, 15) is 17.6 Å². The highest BCUT2D eigenvalue weighted by atomic mass is 32.2. The lowest BCUT2D eigenvalue weighted by atomic mass is 10.1. The SMILES string of the molecule is O=C(NCc1cccc(OCCc2ccccc2)c1)[C@@H]1CCCN1S(=O)(=O)c1ccc(F)cc1. The maximum absolute atomic E-state index is 13.2. The van der Waals surface area contributed by atoms with Gasteiger partial charge in [0.2, 0.25) is 15.9 Å². The number of amides is 1. The molecule has 4 rings (SSSR count). The van der Waals surface area contributed by atoms with Crippen LogP contribution < -0.4 is 10.1 Å². The van der Waals surface area contributed by atoms with Crippen LogP contribution in [0.2, 0.25) is 0 Å². The van der Waals surface area contributed by atoms with Crippen LogP contribution in [0.3, 0.4) is 0 Å². The molecular weight excluding hydrogens is 455 g/mol. The molecule has 0 unspecified atom stereocenters. The molecule has 3 aromatic rings. The molecule has 1 aliphatic heterocycles. The highest BCUT2D eigenvalue weighted by Gasteiger charge is 2.39. The summed E-state index contributed by atoms with van der Waals surface area (Å²) in [7, 11) is -3.89. The van der Waals surface area contributed by atoms with Gasteiger partial charge in [-0.15, -0.1) is 0 Å². The van der Waals surface area contributed by atoms with Crippen molar-refractivity contribution >= 4 is 15.9 Å². The molecule has 1 heterocycles. The molecule has 3 aromatic carbocycles. The van der Waals surface area contributed by atoms with Gasteiger partial charge >= 0.3 is 0 Å². The lowest BCUT2D eigenvalue weighted by Crippen LogP contribution is -2.45. The van der Waals surface area contributed by atoms with E-state index in [4.69, 9.17) is 4.74 Å². The van der Waals surface area contributed by atoms with Gasteiger partial charge in [-0.3, -0.25) is 4.79 Å². The van der Waals surface area contributed by atoms with Gasteiger partial charge in [-0.25, -0.2) is 12.8 Å². The molecule has 0 aliphatic carbocycles. The van der Waals surface area contributed by atoms with Crippen molar-refractivity contribution < 1.29 is 22.3 Å². The highest BCUT2D eigenvalue weighted by Crippen LogP contribution is 2.26. The summed E-state index contributed by atoms with van der Waals surface area (Å²) in [5, 5.41) is 2.85. The molecule has 6 nitrogen and oxygen atoms in total. The van der Waals surface area contributed by atoms with Crippen molar-refractivity contribution in [2.24, 2.45) is 0 Å². The molecule has 1 fully saturated rings. The summed E-state index contributed by atoms with van der Waals surface area (Å²) >= 11 is 0. The van der Waals surface area contributed by atoms with Crippen molar-refractivity contribution in [3.05, 3.63) is 95.8 Å². The molecule has 0 saturated carbocycles. The fourth-order valence-electron chi connectivity index (χ4n) is 4.02. The zero-order valence-electron chi connectivity index (χ0n) is 18.7. The first kappa shape index (κ1) is 23.9. The first-order valence-corrected chi connectivity index (χ1v) is 12.7. The summed E-state index contributed by atoms with van der Waals surface area (Å²) in [6.07, 6.45) is 1.82.